The van der Waals surface area contributed by atoms with Crippen LogP contribution in [0.3, 0.4) is 0 Å². The number of anilines is 1. The zero-order valence-electron chi connectivity index (χ0n) is 11.5. The van der Waals surface area contributed by atoms with E-state index < -0.39 is 0 Å². The van der Waals surface area contributed by atoms with E-state index in [9.17, 15) is 4.79 Å². The Bertz CT molecular complexity index is 810. The first-order chi connectivity index (χ1) is 10.1. The molecule has 0 bridgehead atoms. The van der Waals surface area contributed by atoms with E-state index >= 15 is 0 Å². The zero-order valence-corrected chi connectivity index (χ0v) is 12.2. The molecule has 0 aliphatic carbocycles. The van der Waals surface area contributed by atoms with Gasteiger partial charge < -0.3 is 10.3 Å². The van der Waals surface area contributed by atoms with Gasteiger partial charge in [0, 0.05) is 10.7 Å². The van der Waals surface area contributed by atoms with Gasteiger partial charge in [0.25, 0.3) is 0 Å². The number of hydrogen-bond donors (Lipinski definition) is 2. The Labute approximate surface area is 127 Å². The van der Waals surface area contributed by atoms with Crippen LogP contribution in [0.15, 0.2) is 42.7 Å². The second-order valence-corrected chi connectivity index (χ2v) is 5.35. The lowest BCUT2D eigenvalue weighted by Gasteiger charge is -2.07. The fourth-order valence-electron chi connectivity index (χ4n) is 2.15. The minimum Gasteiger partial charge on any atom is -0.345 e. The molecule has 3 rings (SSSR count). The van der Waals surface area contributed by atoms with Crippen LogP contribution in [-0.4, -0.2) is 15.9 Å². The molecule has 0 saturated carbocycles. The molecule has 1 aromatic heterocycles. The Hall–Kier alpha value is -2.33. The van der Waals surface area contributed by atoms with Gasteiger partial charge in [-0.2, -0.15) is 0 Å². The van der Waals surface area contributed by atoms with E-state index in [4.69, 9.17) is 11.6 Å². The fourth-order valence-corrected chi connectivity index (χ4v) is 2.33. The Morgan fingerprint density at radius 2 is 2.14 bits per heavy atom. The molecule has 0 spiro atoms. The number of aromatic amines is 1. The highest BCUT2D eigenvalue weighted by atomic mass is 35.5. The van der Waals surface area contributed by atoms with Crippen molar-refractivity contribution in [2.24, 2.45) is 0 Å². The molecule has 2 aromatic carbocycles. The summed E-state index contributed by atoms with van der Waals surface area (Å²) in [6, 6.07) is 11.2. The van der Waals surface area contributed by atoms with Crippen LogP contribution in [0.1, 0.15) is 11.1 Å². The summed E-state index contributed by atoms with van der Waals surface area (Å²) in [4.78, 5) is 19.3. The molecule has 3 aromatic rings. The van der Waals surface area contributed by atoms with Gasteiger partial charge in [0.1, 0.15) is 0 Å². The Morgan fingerprint density at radius 3 is 2.95 bits per heavy atom. The number of fused-ring (bicyclic) bond motifs is 1. The maximum atomic E-state index is 12.1. The first-order valence-corrected chi connectivity index (χ1v) is 6.97. The summed E-state index contributed by atoms with van der Waals surface area (Å²) in [5.41, 5.74) is 4.45. The van der Waals surface area contributed by atoms with Crippen LogP contribution >= 0.6 is 11.6 Å². The van der Waals surface area contributed by atoms with E-state index in [2.05, 4.69) is 15.3 Å². The molecule has 0 aliphatic rings. The van der Waals surface area contributed by atoms with E-state index in [0.717, 1.165) is 22.2 Å². The number of imidazole rings is 1. The van der Waals surface area contributed by atoms with Crippen molar-refractivity contribution in [3.8, 4) is 0 Å². The van der Waals surface area contributed by atoms with Crippen LogP contribution in [0.5, 0.6) is 0 Å². The van der Waals surface area contributed by atoms with Crippen LogP contribution in [-0.2, 0) is 11.2 Å². The lowest BCUT2D eigenvalue weighted by molar-refractivity contribution is -0.115. The normalized spacial score (nSPS) is 10.8. The molecule has 1 heterocycles. The second kappa shape index (κ2) is 5.58. The predicted octanol–water partition coefficient (Wildman–Crippen LogP) is 3.71. The number of halogens is 1. The highest BCUT2D eigenvalue weighted by molar-refractivity contribution is 6.31. The van der Waals surface area contributed by atoms with Gasteiger partial charge in [-0.1, -0.05) is 23.7 Å². The van der Waals surface area contributed by atoms with E-state index in [0.29, 0.717) is 17.1 Å². The van der Waals surface area contributed by atoms with Gasteiger partial charge in [0.2, 0.25) is 5.91 Å². The van der Waals surface area contributed by atoms with Gasteiger partial charge >= 0.3 is 0 Å². The number of hydrogen-bond acceptors (Lipinski definition) is 2. The maximum Gasteiger partial charge on any atom is 0.228 e. The van der Waals surface area contributed by atoms with Crippen molar-refractivity contribution in [1.29, 1.82) is 0 Å². The summed E-state index contributed by atoms with van der Waals surface area (Å²) in [7, 11) is 0. The molecule has 106 valence electrons. The lowest BCUT2D eigenvalue weighted by Crippen LogP contribution is -2.14. The minimum atomic E-state index is -0.0752. The monoisotopic (exact) mass is 299 g/mol. The molecule has 0 unspecified atom stereocenters. The van der Waals surface area contributed by atoms with Gasteiger partial charge in [0.05, 0.1) is 23.8 Å². The van der Waals surface area contributed by atoms with E-state index in [1.54, 1.807) is 12.4 Å². The largest absolute Gasteiger partial charge is 0.345 e. The number of carbonyl (C=O) groups excluding carboxylic acids is 1. The summed E-state index contributed by atoms with van der Waals surface area (Å²) in [5.74, 6) is -0.0752. The Kier molecular flexibility index (Phi) is 3.62. The van der Waals surface area contributed by atoms with E-state index in [1.807, 2.05) is 37.3 Å². The second-order valence-electron chi connectivity index (χ2n) is 4.94. The molecule has 4 nitrogen and oxygen atoms in total. The first-order valence-electron chi connectivity index (χ1n) is 6.60. The van der Waals surface area contributed by atoms with E-state index in [-0.39, 0.29) is 5.91 Å². The van der Waals surface area contributed by atoms with Gasteiger partial charge in [0.15, 0.2) is 0 Å². The van der Waals surface area contributed by atoms with Gasteiger partial charge in [-0.15, -0.1) is 0 Å². The van der Waals surface area contributed by atoms with Gasteiger partial charge in [-0.05, 0) is 42.3 Å². The zero-order chi connectivity index (χ0) is 14.8. The first kappa shape index (κ1) is 13.6. The van der Waals surface area contributed by atoms with Crippen molar-refractivity contribution in [2.45, 2.75) is 13.3 Å². The van der Waals surface area contributed by atoms with Crippen molar-refractivity contribution in [1.82, 2.24) is 9.97 Å². The third-order valence-corrected chi connectivity index (χ3v) is 3.71. The molecule has 2 N–H and O–H groups in total. The highest BCUT2D eigenvalue weighted by Gasteiger charge is 2.07. The number of carbonyl (C=O) groups is 1. The van der Waals surface area contributed by atoms with Crippen LogP contribution < -0.4 is 5.32 Å². The number of aryl methyl sites for hydroxylation is 1. The predicted molar refractivity (Wildman–Crippen MR) is 84.6 cm³/mol. The topological polar surface area (TPSA) is 57.8 Å². The molecule has 5 heteroatoms. The number of nitrogens with zero attached hydrogens (tertiary/aromatic N) is 1. The number of aromatic nitrogens is 2. The SMILES string of the molecule is Cc1ccc(NC(=O)Cc2ccc3nc[nH]c3c2)cc1Cl. The number of amides is 1. The summed E-state index contributed by atoms with van der Waals surface area (Å²) in [5, 5.41) is 3.50. The number of H-pyrrole nitrogens is 1. The number of nitrogens with one attached hydrogen (secondary N) is 2. The average molecular weight is 300 g/mol. The quantitative estimate of drug-likeness (QED) is 0.774. The molecular formula is C16H14ClN3O. The number of rotatable bonds is 3. The van der Waals surface area contributed by atoms with Gasteiger partial charge in [-0.25, -0.2) is 4.98 Å². The molecule has 1 amide bonds. The smallest absolute Gasteiger partial charge is 0.228 e. The van der Waals surface area contributed by atoms with Crippen molar-refractivity contribution in [3.05, 3.63) is 58.9 Å². The third-order valence-electron chi connectivity index (χ3n) is 3.30. The van der Waals surface area contributed by atoms with Crippen molar-refractivity contribution in [3.63, 3.8) is 0 Å². The van der Waals surface area contributed by atoms with Crippen LogP contribution in [0.2, 0.25) is 5.02 Å². The van der Waals surface area contributed by atoms with E-state index in [1.165, 1.54) is 0 Å². The lowest BCUT2D eigenvalue weighted by atomic mass is 10.1. The molecule has 0 saturated heterocycles. The Balaban J connectivity index is 1.71. The number of benzene rings is 2. The molecule has 0 fully saturated rings. The third kappa shape index (κ3) is 3.06. The fraction of sp³-hybridized carbons (Fsp3) is 0.125. The molecule has 0 aliphatic heterocycles. The summed E-state index contributed by atoms with van der Waals surface area (Å²) >= 11 is 6.05. The maximum absolute atomic E-state index is 12.1. The molecule has 21 heavy (non-hydrogen) atoms. The standard InChI is InChI=1S/C16H14ClN3O/c1-10-2-4-12(8-13(10)17)20-16(21)7-11-3-5-14-15(6-11)19-9-18-14/h2-6,8-9H,7H2,1H3,(H,18,19)(H,20,21). The van der Waals surface area contributed by atoms with Crippen molar-refractivity contribution >= 4 is 34.2 Å². The molecular weight excluding hydrogens is 286 g/mol. The van der Waals surface area contributed by atoms with Gasteiger partial charge in [-0.3, -0.25) is 4.79 Å². The van der Waals surface area contributed by atoms with Crippen LogP contribution in [0.4, 0.5) is 5.69 Å². The van der Waals surface area contributed by atoms with Crippen LogP contribution in [0.25, 0.3) is 11.0 Å². The Morgan fingerprint density at radius 1 is 1.29 bits per heavy atom. The minimum absolute atomic E-state index is 0.0752. The highest BCUT2D eigenvalue weighted by Crippen LogP contribution is 2.20. The van der Waals surface area contributed by atoms with Crippen LogP contribution in [0, 0.1) is 6.92 Å². The summed E-state index contributed by atoms with van der Waals surface area (Å²) in [6.07, 6.45) is 1.95. The molecule has 0 atom stereocenters. The van der Waals surface area contributed by atoms with Crippen molar-refractivity contribution in [2.75, 3.05) is 5.32 Å². The summed E-state index contributed by atoms with van der Waals surface area (Å²) in [6.45, 7) is 1.92. The van der Waals surface area contributed by atoms with Crippen molar-refractivity contribution < 1.29 is 4.79 Å². The summed E-state index contributed by atoms with van der Waals surface area (Å²) < 4.78 is 0. The average Bonchev–Trinajstić information content (AvgIpc) is 2.90. The molecule has 0 radical (unpaired) electrons.